The molecule has 2 aromatic carbocycles. The van der Waals surface area contributed by atoms with Gasteiger partial charge in [-0.3, -0.25) is 9.52 Å². The number of hydrogen-bond donors (Lipinski definition) is 2. The molecule has 122 valence electrons. The highest BCUT2D eigenvalue weighted by Crippen LogP contribution is 2.19. The van der Waals surface area contributed by atoms with E-state index in [1.165, 1.54) is 12.1 Å². The first-order chi connectivity index (χ1) is 10.8. The van der Waals surface area contributed by atoms with E-state index in [2.05, 4.69) is 26.0 Å². The van der Waals surface area contributed by atoms with Gasteiger partial charge in [0.25, 0.3) is 15.9 Å². The van der Waals surface area contributed by atoms with E-state index in [0.29, 0.717) is 11.3 Å². The number of amides is 1. The molecule has 2 N–H and O–H groups in total. The van der Waals surface area contributed by atoms with Gasteiger partial charge in [-0.05, 0) is 56.3 Å². The molecule has 7 heteroatoms. The van der Waals surface area contributed by atoms with E-state index in [1.54, 1.807) is 36.4 Å². The van der Waals surface area contributed by atoms with Crippen molar-refractivity contribution in [2.45, 2.75) is 24.8 Å². The van der Waals surface area contributed by atoms with Gasteiger partial charge in [0.05, 0.1) is 4.90 Å². The lowest BCUT2D eigenvalue weighted by atomic mass is 10.2. The minimum atomic E-state index is -3.76. The van der Waals surface area contributed by atoms with Gasteiger partial charge in [-0.2, -0.15) is 0 Å². The maximum absolute atomic E-state index is 12.4. The Bertz CT molecular complexity index is 802. The van der Waals surface area contributed by atoms with Crippen LogP contribution in [0.3, 0.4) is 0 Å². The first-order valence-corrected chi connectivity index (χ1v) is 9.25. The molecular weight excluding hydrogens is 380 g/mol. The summed E-state index contributed by atoms with van der Waals surface area (Å²) in [5.41, 5.74) is 0.752. The summed E-state index contributed by atoms with van der Waals surface area (Å²) in [5, 5.41) is 2.73. The van der Waals surface area contributed by atoms with Crippen LogP contribution in [-0.2, 0) is 10.0 Å². The SMILES string of the molecule is CC(C)NC(=O)c1cccc(S(=O)(=O)Nc2ccc(Br)cc2)c1. The summed E-state index contributed by atoms with van der Waals surface area (Å²) >= 11 is 3.29. The summed E-state index contributed by atoms with van der Waals surface area (Å²) in [4.78, 5) is 12.0. The second kappa shape index (κ2) is 7.14. The van der Waals surface area contributed by atoms with E-state index < -0.39 is 10.0 Å². The second-order valence-electron chi connectivity index (χ2n) is 5.27. The number of sulfonamides is 1. The van der Waals surface area contributed by atoms with Crippen LogP contribution in [0.15, 0.2) is 57.9 Å². The molecule has 0 spiro atoms. The largest absolute Gasteiger partial charge is 0.350 e. The molecule has 5 nitrogen and oxygen atoms in total. The van der Waals surface area contributed by atoms with E-state index in [9.17, 15) is 13.2 Å². The fourth-order valence-electron chi connectivity index (χ4n) is 1.88. The molecule has 2 aromatic rings. The molecule has 1 amide bonds. The quantitative estimate of drug-likeness (QED) is 0.812. The lowest BCUT2D eigenvalue weighted by Gasteiger charge is -2.11. The summed E-state index contributed by atoms with van der Waals surface area (Å²) in [7, 11) is -3.76. The summed E-state index contributed by atoms with van der Waals surface area (Å²) in [6.45, 7) is 3.68. The maximum atomic E-state index is 12.4. The van der Waals surface area contributed by atoms with Crippen molar-refractivity contribution in [2.75, 3.05) is 4.72 Å². The third-order valence-electron chi connectivity index (χ3n) is 2.92. The Balaban J connectivity index is 2.26. The van der Waals surface area contributed by atoms with E-state index in [1.807, 2.05) is 13.8 Å². The highest BCUT2D eigenvalue weighted by molar-refractivity contribution is 9.10. The zero-order valence-electron chi connectivity index (χ0n) is 12.7. The molecule has 0 fully saturated rings. The molecule has 23 heavy (non-hydrogen) atoms. The van der Waals surface area contributed by atoms with Gasteiger partial charge in [-0.25, -0.2) is 8.42 Å². The Morgan fingerprint density at radius 3 is 2.35 bits per heavy atom. The normalized spacial score (nSPS) is 11.3. The number of nitrogens with one attached hydrogen (secondary N) is 2. The molecule has 0 heterocycles. The maximum Gasteiger partial charge on any atom is 0.261 e. The topological polar surface area (TPSA) is 75.3 Å². The molecule has 0 aliphatic rings. The zero-order chi connectivity index (χ0) is 17.0. The van der Waals surface area contributed by atoms with Crippen LogP contribution in [-0.4, -0.2) is 20.4 Å². The number of carbonyl (C=O) groups is 1. The number of halogens is 1. The Morgan fingerprint density at radius 1 is 1.09 bits per heavy atom. The number of rotatable bonds is 5. The molecule has 0 radical (unpaired) electrons. The van der Waals surface area contributed by atoms with Crippen molar-refractivity contribution in [1.82, 2.24) is 5.32 Å². The Labute approximate surface area is 144 Å². The Kier molecular flexibility index (Phi) is 5.43. The van der Waals surface area contributed by atoms with Gasteiger partial charge in [0, 0.05) is 21.8 Å². The first kappa shape index (κ1) is 17.5. The van der Waals surface area contributed by atoms with Crippen molar-refractivity contribution < 1.29 is 13.2 Å². The van der Waals surface area contributed by atoms with Crippen LogP contribution >= 0.6 is 15.9 Å². The summed E-state index contributed by atoms with van der Waals surface area (Å²) in [5.74, 6) is -0.305. The minimum Gasteiger partial charge on any atom is -0.350 e. The van der Waals surface area contributed by atoms with E-state index >= 15 is 0 Å². The lowest BCUT2D eigenvalue weighted by molar-refractivity contribution is 0.0943. The highest BCUT2D eigenvalue weighted by Gasteiger charge is 2.16. The third-order valence-corrected chi connectivity index (χ3v) is 4.83. The molecule has 0 saturated carbocycles. The smallest absolute Gasteiger partial charge is 0.261 e. The van der Waals surface area contributed by atoms with Crippen LogP contribution in [0.1, 0.15) is 24.2 Å². The Hall–Kier alpha value is -1.86. The standard InChI is InChI=1S/C16H17BrN2O3S/c1-11(2)18-16(20)12-4-3-5-15(10-12)23(21,22)19-14-8-6-13(17)7-9-14/h3-11,19H,1-2H3,(H,18,20). The van der Waals surface area contributed by atoms with E-state index in [0.717, 1.165) is 4.47 Å². The van der Waals surface area contributed by atoms with E-state index in [4.69, 9.17) is 0 Å². The van der Waals surface area contributed by atoms with Gasteiger partial charge in [0.1, 0.15) is 0 Å². The summed E-state index contributed by atoms with van der Waals surface area (Å²) in [6.07, 6.45) is 0. The van der Waals surface area contributed by atoms with Crippen molar-refractivity contribution in [3.05, 3.63) is 58.6 Å². The molecule has 0 atom stereocenters. The predicted molar refractivity (Wildman–Crippen MR) is 94.0 cm³/mol. The van der Waals surface area contributed by atoms with Crippen molar-refractivity contribution in [3.8, 4) is 0 Å². The second-order valence-corrected chi connectivity index (χ2v) is 7.87. The number of hydrogen-bond acceptors (Lipinski definition) is 3. The van der Waals surface area contributed by atoms with Gasteiger partial charge in [-0.1, -0.05) is 22.0 Å². The third kappa shape index (κ3) is 4.80. The monoisotopic (exact) mass is 396 g/mol. The van der Waals surface area contributed by atoms with Crippen LogP contribution in [0, 0.1) is 0 Å². The molecule has 0 unspecified atom stereocenters. The fraction of sp³-hybridized carbons (Fsp3) is 0.188. The van der Waals surface area contributed by atoms with Gasteiger partial charge >= 0.3 is 0 Å². The van der Waals surface area contributed by atoms with Crippen LogP contribution in [0.25, 0.3) is 0 Å². The average molecular weight is 397 g/mol. The van der Waals surface area contributed by atoms with Crippen molar-refractivity contribution in [1.29, 1.82) is 0 Å². The highest BCUT2D eigenvalue weighted by atomic mass is 79.9. The van der Waals surface area contributed by atoms with Gasteiger partial charge in [0.2, 0.25) is 0 Å². The molecular formula is C16H17BrN2O3S. The number of carbonyl (C=O) groups excluding carboxylic acids is 1. The van der Waals surface area contributed by atoms with Crippen molar-refractivity contribution in [3.63, 3.8) is 0 Å². The molecule has 0 aliphatic carbocycles. The lowest BCUT2D eigenvalue weighted by Crippen LogP contribution is -2.30. The van der Waals surface area contributed by atoms with Gasteiger partial charge in [-0.15, -0.1) is 0 Å². The van der Waals surface area contributed by atoms with Crippen LogP contribution in [0.4, 0.5) is 5.69 Å². The minimum absolute atomic E-state index is 0.0244. The van der Waals surface area contributed by atoms with Gasteiger partial charge < -0.3 is 5.32 Å². The zero-order valence-corrected chi connectivity index (χ0v) is 15.1. The number of benzene rings is 2. The van der Waals surface area contributed by atoms with Crippen molar-refractivity contribution in [2.24, 2.45) is 0 Å². The molecule has 0 aliphatic heterocycles. The van der Waals surface area contributed by atoms with Crippen LogP contribution in [0.2, 0.25) is 0 Å². The molecule has 0 aromatic heterocycles. The molecule has 2 rings (SSSR count). The summed E-state index contributed by atoms with van der Waals surface area (Å²) in [6, 6.07) is 12.7. The number of anilines is 1. The average Bonchev–Trinajstić information content (AvgIpc) is 2.49. The fourth-order valence-corrected chi connectivity index (χ4v) is 3.25. The molecule has 0 saturated heterocycles. The first-order valence-electron chi connectivity index (χ1n) is 6.97. The van der Waals surface area contributed by atoms with Crippen LogP contribution < -0.4 is 10.0 Å². The van der Waals surface area contributed by atoms with Gasteiger partial charge in [0.15, 0.2) is 0 Å². The summed E-state index contributed by atoms with van der Waals surface area (Å²) < 4.78 is 28.2. The Morgan fingerprint density at radius 2 is 1.74 bits per heavy atom. The van der Waals surface area contributed by atoms with E-state index in [-0.39, 0.29) is 16.8 Å². The molecule has 0 bridgehead atoms. The predicted octanol–water partition coefficient (Wildman–Crippen LogP) is 3.39. The van der Waals surface area contributed by atoms with Crippen LogP contribution in [0.5, 0.6) is 0 Å². The van der Waals surface area contributed by atoms with Crippen molar-refractivity contribution >= 4 is 37.5 Å².